The van der Waals surface area contributed by atoms with Crippen molar-refractivity contribution in [3.63, 3.8) is 0 Å². The number of hydrogen-bond acceptors (Lipinski definition) is 3. The molecule has 0 saturated carbocycles. The van der Waals surface area contributed by atoms with Gasteiger partial charge in [0.1, 0.15) is 0 Å². The molecule has 5 nitrogen and oxygen atoms in total. The Morgan fingerprint density at radius 1 is 1.25 bits per heavy atom. The third-order valence-electron chi connectivity index (χ3n) is 4.87. The third-order valence-corrected chi connectivity index (χ3v) is 4.87. The second-order valence-corrected chi connectivity index (χ2v) is 5.86. The number of nitrogens with two attached hydrogens (primary N) is 1. The molecular weight excluding hydrogens is 256 g/mol. The fourth-order valence-corrected chi connectivity index (χ4v) is 3.02. The molecule has 20 heavy (non-hydrogen) atoms. The highest BCUT2D eigenvalue weighted by atomic mass is 16.4. The summed E-state index contributed by atoms with van der Waals surface area (Å²) in [7, 11) is 0. The quantitative estimate of drug-likeness (QED) is 0.747. The van der Waals surface area contributed by atoms with E-state index in [9.17, 15) is 9.59 Å². The van der Waals surface area contributed by atoms with Crippen molar-refractivity contribution in [3.05, 3.63) is 0 Å². The normalized spacial score (nSPS) is 17.2. The van der Waals surface area contributed by atoms with Gasteiger partial charge in [-0.2, -0.15) is 0 Å². The molecule has 0 atom stereocenters. The number of likely N-dealkylation sites (tertiary alicyclic amines) is 1. The Balaban J connectivity index is 2.52. The summed E-state index contributed by atoms with van der Waals surface area (Å²) in [4.78, 5) is 25.1. The van der Waals surface area contributed by atoms with Crippen molar-refractivity contribution in [2.45, 2.75) is 52.4 Å². The molecule has 1 fully saturated rings. The maximum atomic E-state index is 12.6. The molecule has 1 saturated heterocycles. The number of piperidine rings is 1. The molecule has 1 amide bonds. The van der Waals surface area contributed by atoms with Crippen molar-refractivity contribution >= 4 is 11.9 Å². The molecule has 3 N–H and O–H groups in total. The van der Waals surface area contributed by atoms with E-state index in [4.69, 9.17) is 10.8 Å². The van der Waals surface area contributed by atoms with Crippen LogP contribution in [0.25, 0.3) is 0 Å². The van der Waals surface area contributed by atoms with Gasteiger partial charge in [-0.3, -0.25) is 9.59 Å². The fourth-order valence-electron chi connectivity index (χ4n) is 3.02. The van der Waals surface area contributed by atoms with Crippen LogP contribution < -0.4 is 5.73 Å². The molecule has 0 aromatic rings. The van der Waals surface area contributed by atoms with E-state index in [1.807, 2.05) is 18.7 Å². The third kappa shape index (κ3) is 3.95. The van der Waals surface area contributed by atoms with Gasteiger partial charge in [0, 0.05) is 26.1 Å². The van der Waals surface area contributed by atoms with E-state index in [0.29, 0.717) is 12.5 Å². The number of hydrogen-bond donors (Lipinski definition) is 2. The van der Waals surface area contributed by atoms with E-state index in [0.717, 1.165) is 45.2 Å². The van der Waals surface area contributed by atoms with Crippen LogP contribution in [0, 0.1) is 11.3 Å². The number of aliphatic carboxylic acids is 1. The van der Waals surface area contributed by atoms with Crippen molar-refractivity contribution in [2.24, 2.45) is 17.1 Å². The van der Waals surface area contributed by atoms with Gasteiger partial charge in [0.2, 0.25) is 5.91 Å². The van der Waals surface area contributed by atoms with Gasteiger partial charge in [0.25, 0.3) is 0 Å². The van der Waals surface area contributed by atoms with Crippen LogP contribution in [0.1, 0.15) is 52.4 Å². The molecule has 1 rings (SSSR count). The smallest absolute Gasteiger partial charge is 0.303 e. The molecule has 1 aliphatic heterocycles. The van der Waals surface area contributed by atoms with Crippen LogP contribution in [0.4, 0.5) is 0 Å². The van der Waals surface area contributed by atoms with Crippen molar-refractivity contribution in [2.75, 3.05) is 19.6 Å². The molecule has 0 unspecified atom stereocenters. The SMILES string of the molecule is CCC(CC)(CN)C(=O)N1CCC(CCC(=O)O)CC1. The Labute approximate surface area is 121 Å². The molecule has 0 bridgehead atoms. The van der Waals surface area contributed by atoms with Crippen molar-refractivity contribution in [1.29, 1.82) is 0 Å². The highest BCUT2D eigenvalue weighted by Crippen LogP contribution is 2.30. The molecular formula is C15H28N2O3. The first-order chi connectivity index (χ1) is 9.49. The Morgan fingerprint density at radius 3 is 2.20 bits per heavy atom. The standard InChI is InChI=1S/C15H28N2O3/c1-3-15(4-2,11-16)14(20)17-9-7-12(8-10-17)5-6-13(18)19/h12H,3-11,16H2,1-2H3,(H,18,19). The second kappa shape index (κ2) is 7.62. The summed E-state index contributed by atoms with van der Waals surface area (Å²) in [5.74, 6) is -0.116. The Morgan fingerprint density at radius 2 is 1.80 bits per heavy atom. The molecule has 0 aliphatic carbocycles. The number of carboxylic acids is 1. The zero-order chi connectivity index (χ0) is 15.2. The minimum Gasteiger partial charge on any atom is -0.481 e. The summed E-state index contributed by atoms with van der Waals surface area (Å²) in [6.45, 7) is 5.93. The zero-order valence-electron chi connectivity index (χ0n) is 12.7. The lowest BCUT2D eigenvalue weighted by Gasteiger charge is -2.39. The first-order valence-corrected chi connectivity index (χ1v) is 7.70. The number of rotatable bonds is 7. The van der Waals surface area contributed by atoms with Crippen molar-refractivity contribution in [3.8, 4) is 0 Å². The van der Waals surface area contributed by atoms with E-state index in [2.05, 4.69) is 0 Å². The van der Waals surface area contributed by atoms with Crippen LogP contribution in [0.15, 0.2) is 0 Å². The zero-order valence-corrected chi connectivity index (χ0v) is 12.7. The highest BCUT2D eigenvalue weighted by molar-refractivity contribution is 5.83. The van der Waals surface area contributed by atoms with E-state index in [1.165, 1.54) is 0 Å². The van der Waals surface area contributed by atoms with Gasteiger partial charge >= 0.3 is 5.97 Å². The van der Waals surface area contributed by atoms with Crippen molar-refractivity contribution in [1.82, 2.24) is 4.90 Å². The molecule has 0 spiro atoms. The molecule has 116 valence electrons. The minimum atomic E-state index is -0.734. The highest BCUT2D eigenvalue weighted by Gasteiger charge is 2.37. The molecule has 0 aromatic heterocycles. The van der Waals surface area contributed by atoms with Crippen molar-refractivity contribution < 1.29 is 14.7 Å². The molecule has 5 heteroatoms. The Kier molecular flexibility index (Phi) is 6.46. The topological polar surface area (TPSA) is 83.6 Å². The molecule has 0 radical (unpaired) electrons. The van der Waals surface area contributed by atoms with Crippen LogP contribution >= 0.6 is 0 Å². The number of carbonyl (C=O) groups excluding carboxylic acids is 1. The molecule has 1 heterocycles. The Bertz CT molecular complexity index is 324. The Hall–Kier alpha value is -1.10. The average Bonchev–Trinajstić information content (AvgIpc) is 2.48. The van der Waals surface area contributed by atoms with Gasteiger partial charge in [-0.05, 0) is 38.0 Å². The summed E-state index contributed by atoms with van der Waals surface area (Å²) in [6, 6.07) is 0. The summed E-state index contributed by atoms with van der Waals surface area (Å²) >= 11 is 0. The van der Waals surface area contributed by atoms with E-state index in [-0.39, 0.29) is 12.3 Å². The summed E-state index contributed by atoms with van der Waals surface area (Å²) in [6.07, 6.45) is 4.33. The minimum absolute atomic E-state index is 0.182. The van der Waals surface area contributed by atoms with Crippen LogP contribution in [-0.4, -0.2) is 41.5 Å². The number of carbonyl (C=O) groups is 2. The predicted octanol–water partition coefficient (Wildman–Crippen LogP) is 1.85. The van der Waals surface area contributed by atoms with E-state index in [1.54, 1.807) is 0 Å². The lowest BCUT2D eigenvalue weighted by molar-refractivity contribution is -0.144. The lowest BCUT2D eigenvalue weighted by Crippen LogP contribution is -2.50. The molecule has 1 aliphatic rings. The first kappa shape index (κ1) is 17.0. The van der Waals surface area contributed by atoms with Gasteiger partial charge < -0.3 is 15.7 Å². The molecule has 0 aromatic carbocycles. The summed E-state index contributed by atoms with van der Waals surface area (Å²) in [5, 5.41) is 8.71. The van der Waals surface area contributed by atoms with Gasteiger partial charge in [-0.15, -0.1) is 0 Å². The summed E-state index contributed by atoms with van der Waals surface area (Å²) < 4.78 is 0. The van der Waals surface area contributed by atoms with Gasteiger partial charge in [0.15, 0.2) is 0 Å². The van der Waals surface area contributed by atoms with Crippen LogP contribution in [0.3, 0.4) is 0 Å². The predicted molar refractivity (Wildman–Crippen MR) is 78.2 cm³/mol. The van der Waals surface area contributed by atoms with Crippen LogP contribution in [0.2, 0.25) is 0 Å². The number of amides is 1. The van der Waals surface area contributed by atoms with Crippen LogP contribution in [0.5, 0.6) is 0 Å². The second-order valence-electron chi connectivity index (χ2n) is 5.86. The fraction of sp³-hybridized carbons (Fsp3) is 0.867. The van der Waals surface area contributed by atoms with Gasteiger partial charge in [-0.25, -0.2) is 0 Å². The number of carboxylic acid groups (broad SMARTS) is 1. The summed E-state index contributed by atoms with van der Waals surface area (Å²) in [5.41, 5.74) is 5.42. The van der Waals surface area contributed by atoms with Gasteiger partial charge in [0.05, 0.1) is 5.41 Å². The maximum absolute atomic E-state index is 12.6. The van der Waals surface area contributed by atoms with E-state index >= 15 is 0 Å². The lowest BCUT2D eigenvalue weighted by atomic mass is 9.80. The van der Waals surface area contributed by atoms with Gasteiger partial charge in [-0.1, -0.05) is 13.8 Å². The maximum Gasteiger partial charge on any atom is 0.303 e. The monoisotopic (exact) mass is 284 g/mol. The largest absolute Gasteiger partial charge is 0.481 e. The number of nitrogens with zero attached hydrogens (tertiary/aromatic N) is 1. The first-order valence-electron chi connectivity index (χ1n) is 7.70. The average molecular weight is 284 g/mol. The van der Waals surface area contributed by atoms with E-state index < -0.39 is 11.4 Å². The van der Waals surface area contributed by atoms with Crippen LogP contribution in [-0.2, 0) is 9.59 Å².